The van der Waals surface area contributed by atoms with E-state index in [-0.39, 0.29) is 24.2 Å². The second kappa shape index (κ2) is 6.03. The van der Waals surface area contributed by atoms with Gasteiger partial charge in [0.1, 0.15) is 0 Å². The van der Waals surface area contributed by atoms with Crippen LogP contribution in [0, 0.1) is 11.8 Å². The average Bonchev–Trinajstić information content (AvgIpc) is 3.13. The van der Waals surface area contributed by atoms with E-state index in [1.165, 1.54) is 12.8 Å². The summed E-state index contributed by atoms with van der Waals surface area (Å²) in [7, 11) is 0. The SMILES string of the molecule is CC(C(=O)Nc1ccc(CN)cc1)C1CC1.Cl. The molecule has 1 atom stereocenters. The molecule has 1 aromatic carbocycles. The number of amides is 1. The highest BCUT2D eigenvalue weighted by Crippen LogP contribution is 2.37. The molecule has 17 heavy (non-hydrogen) atoms. The lowest BCUT2D eigenvalue weighted by molar-refractivity contribution is -0.119. The molecule has 0 heterocycles. The minimum absolute atomic E-state index is 0. The largest absolute Gasteiger partial charge is 0.326 e. The number of hydrogen-bond donors (Lipinski definition) is 2. The molecular formula is C13H19ClN2O. The average molecular weight is 255 g/mol. The van der Waals surface area contributed by atoms with Crippen LogP contribution in [0.2, 0.25) is 0 Å². The first-order valence-electron chi connectivity index (χ1n) is 5.80. The van der Waals surface area contributed by atoms with E-state index in [0.717, 1.165) is 11.3 Å². The summed E-state index contributed by atoms with van der Waals surface area (Å²) in [6.45, 7) is 2.54. The van der Waals surface area contributed by atoms with Crippen LogP contribution in [0.4, 0.5) is 5.69 Å². The van der Waals surface area contributed by atoms with Crippen molar-refractivity contribution in [2.24, 2.45) is 17.6 Å². The van der Waals surface area contributed by atoms with E-state index < -0.39 is 0 Å². The Kier molecular flexibility index (Phi) is 4.97. The van der Waals surface area contributed by atoms with Crippen molar-refractivity contribution in [2.45, 2.75) is 26.3 Å². The maximum atomic E-state index is 11.8. The predicted octanol–water partition coefficient (Wildman–Crippen LogP) is 2.55. The van der Waals surface area contributed by atoms with Gasteiger partial charge in [-0.2, -0.15) is 0 Å². The highest BCUT2D eigenvalue weighted by Gasteiger charge is 2.32. The normalized spacial score (nSPS) is 15.9. The first-order chi connectivity index (χ1) is 7.70. The molecule has 1 saturated carbocycles. The zero-order chi connectivity index (χ0) is 11.5. The molecule has 0 spiro atoms. The molecule has 1 aliphatic carbocycles. The van der Waals surface area contributed by atoms with Crippen LogP contribution in [0.25, 0.3) is 0 Å². The molecule has 0 aliphatic heterocycles. The Morgan fingerprint density at radius 3 is 2.47 bits per heavy atom. The van der Waals surface area contributed by atoms with Gasteiger partial charge in [0, 0.05) is 18.2 Å². The summed E-state index contributed by atoms with van der Waals surface area (Å²) in [5.41, 5.74) is 7.44. The maximum absolute atomic E-state index is 11.8. The number of anilines is 1. The lowest BCUT2D eigenvalue weighted by Crippen LogP contribution is -2.21. The highest BCUT2D eigenvalue weighted by atomic mass is 35.5. The van der Waals surface area contributed by atoms with Crippen molar-refractivity contribution in [1.82, 2.24) is 0 Å². The molecule has 2 rings (SSSR count). The molecule has 0 bridgehead atoms. The molecule has 1 aliphatic rings. The number of benzene rings is 1. The van der Waals surface area contributed by atoms with Crippen LogP contribution in [0.5, 0.6) is 0 Å². The van der Waals surface area contributed by atoms with Crippen LogP contribution in [-0.2, 0) is 11.3 Å². The van der Waals surface area contributed by atoms with E-state index >= 15 is 0 Å². The zero-order valence-electron chi connectivity index (χ0n) is 9.98. The van der Waals surface area contributed by atoms with Gasteiger partial charge in [-0.15, -0.1) is 12.4 Å². The molecule has 0 aromatic heterocycles. The van der Waals surface area contributed by atoms with Crippen LogP contribution in [0.15, 0.2) is 24.3 Å². The topological polar surface area (TPSA) is 55.1 Å². The summed E-state index contributed by atoms with van der Waals surface area (Å²) in [4.78, 5) is 11.8. The second-order valence-electron chi connectivity index (χ2n) is 4.52. The van der Waals surface area contributed by atoms with Crippen LogP contribution < -0.4 is 11.1 Å². The van der Waals surface area contributed by atoms with E-state index in [1.54, 1.807) is 0 Å². The summed E-state index contributed by atoms with van der Waals surface area (Å²) in [5.74, 6) is 0.862. The summed E-state index contributed by atoms with van der Waals surface area (Å²) >= 11 is 0. The second-order valence-corrected chi connectivity index (χ2v) is 4.52. The van der Waals surface area contributed by atoms with Crippen LogP contribution in [0.3, 0.4) is 0 Å². The Morgan fingerprint density at radius 1 is 1.41 bits per heavy atom. The first-order valence-corrected chi connectivity index (χ1v) is 5.80. The summed E-state index contributed by atoms with van der Waals surface area (Å²) in [6, 6.07) is 7.69. The van der Waals surface area contributed by atoms with Crippen molar-refractivity contribution < 1.29 is 4.79 Å². The van der Waals surface area contributed by atoms with Crippen molar-refractivity contribution >= 4 is 24.0 Å². The van der Waals surface area contributed by atoms with E-state index in [2.05, 4.69) is 5.32 Å². The predicted molar refractivity (Wildman–Crippen MR) is 72.1 cm³/mol. The summed E-state index contributed by atoms with van der Waals surface area (Å²) < 4.78 is 0. The molecule has 4 heteroatoms. The summed E-state index contributed by atoms with van der Waals surface area (Å²) in [6.07, 6.45) is 2.39. The van der Waals surface area contributed by atoms with Crippen molar-refractivity contribution in [3.63, 3.8) is 0 Å². The number of carbonyl (C=O) groups is 1. The Morgan fingerprint density at radius 2 is 2.00 bits per heavy atom. The monoisotopic (exact) mass is 254 g/mol. The Bertz CT molecular complexity index is 374. The third kappa shape index (κ3) is 3.72. The fourth-order valence-electron chi connectivity index (χ4n) is 1.79. The number of carbonyl (C=O) groups excluding carboxylic acids is 1. The summed E-state index contributed by atoms with van der Waals surface area (Å²) in [5, 5.41) is 2.93. The molecule has 3 N–H and O–H groups in total. The maximum Gasteiger partial charge on any atom is 0.227 e. The van der Waals surface area contributed by atoms with E-state index in [9.17, 15) is 4.79 Å². The lowest BCUT2D eigenvalue weighted by atomic mass is 10.1. The van der Waals surface area contributed by atoms with Gasteiger partial charge < -0.3 is 11.1 Å². The minimum Gasteiger partial charge on any atom is -0.326 e. The highest BCUT2D eigenvalue weighted by molar-refractivity contribution is 5.92. The Hall–Kier alpha value is -1.06. The fraction of sp³-hybridized carbons (Fsp3) is 0.462. The van der Waals surface area contributed by atoms with E-state index in [0.29, 0.717) is 12.5 Å². The van der Waals surface area contributed by atoms with Gasteiger partial charge in [-0.25, -0.2) is 0 Å². The first kappa shape index (κ1) is 14.0. The molecule has 0 radical (unpaired) electrons. The van der Waals surface area contributed by atoms with Crippen molar-refractivity contribution in [2.75, 3.05) is 5.32 Å². The standard InChI is InChI=1S/C13H18N2O.ClH/c1-9(11-4-5-11)13(16)15-12-6-2-10(8-14)3-7-12;/h2-3,6-7,9,11H,4-5,8,14H2,1H3,(H,15,16);1H. The smallest absolute Gasteiger partial charge is 0.227 e. The van der Waals surface area contributed by atoms with Gasteiger partial charge in [-0.3, -0.25) is 4.79 Å². The van der Waals surface area contributed by atoms with Gasteiger partial charge >= 0.3 is 0 Å². The molecule has 1 unspecified atom stereocenters. The molecule has 1 aromatic rings. The number of halogens is 1. The minimum atomic E-state index is 0. The van der Waals surface area contributed by atoms with Crippen molar-refractivity contribution in [3.05, 3.63) is 29.8 Å². The number of nitrogens with two attached hydrogens (primary N) is 1. The third-order valence-electron chi connectivity index (χ3n) is 3.20. The van der Waals surface area contributed by atoms with Gasteiger partial charge in [-0.1, -0.05) is 19.1 Å². The zero-order valence-corrected chi connectivity index (χ0v) is 10.8. The van der Waals surface area contributed by atoms with Gasteiger partial charge in [0.15, 0.2) is 0 Å². The van der Waals surface area contributed by atoms with E-state index in [1.807, 2.05) is 31.2 Å². The van der Waals surface area contributed by atoms with Crippen molar-refractivity contribution in [1.29, 1.82) is 0 Å². The Balaban J connectivity index is 0.00000144. The molecule has 0 saturated heterocycles. The quantitative estimate of drug-likeness (QED) is 0.868. The third-order valence-corrected chi connectivity index (χ3v) is 3.20. The molecular weight excluding hydrogens is 236 g/mol. The Labute approximate surface area is 108 Å². The van der Waals surface area contributed by atoms with E-state index in [4.69, 9.17) is 5.73 Å². The van der Waals surface area contributed by atoms with Gasteiger partial charge in [-0.05, 0) is 36.5 Å². The van der Waals surface area contributed by atoms with Crippen LogP contribution >= 0.6 is 12.4 Å². The number of rotatable bonds is 4. The molecule has 3 nitrogen and oxygen atoms in total. The molecule has 1 fully saturated rings. The number of hydrogen-bond acceptors (Lipinski definition) is 2. The van der Waals surface area contributed by atoms with Crippen LogP contribution in [0.1, 0.15) is 25.3 Å². The van der Waals surface area contributed by atoms with Gasteiger partial charge in [0.05, 0.1) is 0 Å². The van der Waals surface area contributed by atoms with Gasteiger partial charge in [0.2, 0.25) is 5.91 Å². The molecule has 94 valence electrons. The van der Waals surface area contributed by atoms with Gasteiger partial charge in [0.25, 0.3) is 0 Å². The van der Waals surface area contributed by atoms with Crippen molar-refractivity contribution in [3.8, 4) is 0 Å². The fourth-order valence-corrected chi connectivity index (χ4v) is 1.79. The lowest BCUT2D eigenvalue weighted by Gasteiger charge is -2.11. The van der Waals surface area contributed by atoms with Crippen LogP contribution in [-0.4, -0.2) is 5.91 Å². The number of nitrogens with one attached hydrogen (secondary N) is 1. The molecule has 1 amide bonds.